The van der Waals surface area contributed by atoms with Gasteiger partial charge in [0.25, 0.3) is 0 Å². The highest BCUT2D eigenvalue weighted by Gasteiger charge is 2.15. The Kier molecular flexibility index (Phi) is 6.06. The van der Waals surface area contributed by atoms with Gasteiger partial charge in [0, 0.05) is 31.2 Å². The minimum absolute atomic E-state index is 0.189. The second-order valence-electron chi connectivity index (χ2n) is 5.80. The van der Waals surface area contributed by atoms with E-state index in [1.807, 2.05) is 12.1 Å². The molecule has 1 unspecified atom stereocenters. The lowest BCUT2D eigenvalue weighted by molar-refractivity contribution is 0.0382. The average molecular weight is 331 g/mol. The number of hydrogen-bond acceptors (Lipinski definition) is 3. The molecule has 1 heterocycles. The van der Waals surface area contributed by atoms with E-state index in [2.05, 4.69) is 52.7 Å². The van der Waals surface area contributed by atoms with Gasteiger partial charge >= 0.3 is 0 Å². The van der Waals surface area contributed by atoms with Crippen molar-refractivity contribution in [1.29, 1.82) is 0 Å². The Balaban J connectivity index is 1.66. The van der Waals surface area contributed by atoms with E-state index in [0.29, 0.717) is 0 Å². The molecule has 1 fully saturated rings. The minimum atomic E-state index is 0.189. The van der Waals surface area contributed by atoms with Crippen LogP contribution in [0.3, 0.4) is 0 Å². The van der Waals surface area contributed by atoms with Gasteiger partial charge in [0.15, 0.2) is 0 Å². The van der Waals surface area contributed by atoms with Crippen molar-refractivity contribution in [3.05, 3.63) is 70.7 Å². The maximum atomic E-state index is 6.03. The summed E-state index contributed by atoms with van der Waals surface area (Å²) >= 11 is 6.03. The SMILES string of the molecule is Clc1ccc(C(NCCN2CCOCC2)c2ccccc2)cc1. The summed E-state index contributed by atoms with van der Waals surface area (Å²) in [6.45, 7) is 5.73. The zero-order chi connectivity index (χ0) is 15.9. The molecule has 1 aliphatic rings. The molecule has 23 heavy (non-hydrogen) atoms. The highest BCUT2D eigenvalue weighted by Crippen LogP contribution is 2.23. The number of nitrogens with zero attached hydrogens (tertiary/aromatic N) is 1. The molecule has 122 valence electrons. The molecule has 2 aromatic rings. The van der Waals surface area contributed by atoms with Crippen LogP contribution < -0.4 is 5.32 Å². The first-order chi connectivity index (χ1) is 11.3. The lowest BCUT2D eigenvalue weighted by atomic mass is 9.99. The van der Waals surface area contributed by atoms with Crippen LogP contribution in [-0.2, 0) is 4.74 Å². The lowest BCUT2D eigenvalue weighted by Gasteiger charge is -2.28. The third-order valence-corrected chi connectivity index (χ3v) is 4.47. The van der Waals surface area contributed by atoms with Crippen molar-refractivity contribution in [2.75, 3.05) is 39.4 Å². The van der Waals surface area contributed by atoms with Gasteiger partial charge in [-0.25, -0.2) is 0 Å². The van der Waals surface area contributed by atoms with Crippen LogP contribution in [0.4, 0.5) is 0 Å². The smallest absolute Gasteiger partial charge is 0.0594 e. The topological polar surface area (TPSA) is 24.5 Å². The largest absolute Gasteiger partial charge is 0.379 e. The first kappa shape index (κ1) is 16.5. The summed E-state index contributed by atoms with van der Waals surface area (Å²) in [6, 6.07) is 18.9. The summed E-state index contributed by atoms with van der Waals surface area (Å²) in [5.74, 6) is 0. The number of rotatable bonds is 6. The van der Waals surface area contributed by atoms with E-state index < -0.39 is 0 Å². The third-order valence-electron chi connectivity index (χ3n) is 4.22. The Morgan fingerprint density at radius 1 is 0.957 bits per heavy atom. The Labute approximate surface area is 143 Å². The van der Waals surface area contributed by atoms with E-state index in [4.69, 9.17) is 16.3 Å². The second-order valence-corrected chi connectivity index (χ2v) is 6.24. The minimum Gasteiger partial charge on any atom is -0.379 e. The number of nitrogens with one attached hydrogen (secondary N) is 1. The fraction of sp³-hybridized carbons (Fsp3) is 0.368. The van der Waals surface area contributed by atoms with Crippen molar-refractivity contribution in [2.45, 2.75) is 6.04 Å². The molecule has 1 saturated heterocycles. The molecule has 1 atom stereocenters. The number of halogens is 1. The Hall–Kier alpha value is -1.39. The molecule has 0 aromatic heterocycles. The molecule has 1 aliphatic heterocycles. The van der Waals surface area contributed by atoms with Crippen LogP contribution in [0.1, 0.15) is 17.2 Å². The number of hydrogen-bond donors (Lipinski definition) is 1. The van der Waals surface area contributed by atoms with Crippen LogP contribution in [0.25, 0.3) is 0 Å². The van der Waals surface area contributed by atoms with Crippen molar-refractivity contribution in [2.24, 2.45) is 0 Å². The maximum absolute atomic E-state index is 6.03. The van der Waals surface area contributed by atoms with E-state index in [1.54, 1.807) is 0 Å². The van der Waals surface area contributed by atoms with Gasteiger partial charge in [0.05, 0.1) is 19.3 Å². The van der Waals surface area contributed by atoms with Gasteiger partial charge in [0.2, 0.25) is 0 Å². The van der Waals surface area contributed by atoms with Gasteiger partial charge in [-0.1, -0.05) is 54.1 Å². The third kappa shape index (κ3) is 4.79. The molecule has 0 bridgehead atoms. The quantitative estimate of drug-likeness (QED) is 0.879. The fourth-order valence-electron chi connectivity index (χ4n) is 2.92. The molecule has 0 aliphatic carbocycles. The van der Waals surface area contributed by atoms with Crippen molar-refractivity contribution in [1.82, 2.24) is 10.2 Å². The van der Waals surface area contributed by atoms with E-state index in [9.17, 15) is 0 Å². The zero-order valence-corrected chi connectivity index (χ0v) is 14.0. The molecular formula is C19H23ClN2O. The highest BCUT2D eigenvalue weighted by atomic mass is 35.5. The molecule has 4 heteroatoms. The Morgan fingerprint density at radius 2 is 1.61 bits per heavy atom. The van der Waals surface area contributed by atoms with E-state index >= 15 is 0 Å². The number of ether oxygens (including phenoxy) is 1. The first-order valence-corrected chi connectivity index (χ1v) is 8.54. The predicted octanol–water partition coefficient (Wildman–Crippen LogP) is 3.35. The Morgan fingerprint density at radius 3 is 2.30 bits per heavy atom. The highest BCUT2D eigenvalue weighted by molar-refractivity contribution is 6.30. The summed E-state index contributed by atoms with van der Waals surface area (Å²) in [7, 11) is 0. The molecular weight excluding hydrogens is 308 g/mol. The molecule has 0 spiro atoms. The van der Waals surface area contributed by atoms with Crippen molar-refractivity contribution in [3.63, 3.8) is 0 Å². The van der Waals surface area contributed by atoms with Crippen LogP contribution in [0.2, 0.25) is 5.02 Å². The molecule has 1 N–H and O–H groups in total. The van der Waals surface area contributed by atoms with Crippen LogP contribution in [0, 0.1) is 0 Å². The average Bonchev–Trinajstić information content (AvgIpc) is 2.61. The predicted molar refractivity (Wildman–Crippen MR) is 95.0 cm³/mol. The maximum Gasteiger partial charge on any atom is 0.0594 e. The Bertz CT molecular complexity index is 582. The van der Waals surface area contributed by atoms with Crippen LogP contribution in [-0.4, -0.2) is 44.3 Å². The van der Waals surface area contributed by atoms with Gasteiger partial charge in [-0.15, -0.1) is 0 Å². The molecule has 2 aromatic carbocycles. The number of benzene rings is 2. The van der Waals surface area contributed by atoms with Crippen LogP contribution >= 0.6 is 11.6 Å². The summed E-state index contributed by atoms with van der Waals surface area (Å²) < 4.78 is 5.40. The van der Waals surface area contributed by atoms with Gasteiger partial charge in [0.1, 0.15) is 0 Å². The molecule has 0 saturated carbocycles. The van der Waals surface area contributed by atoms with E-state index in [1.165, 1.54) is 11.1 Å². The van der Waals surface area contributed by atoms with Crippen molar-refractivity contribution >= 4 is 11.6 Å². The molecule has 3 nitrogen and oxygen atoms in total. The fourth-order valence-corrected chi connectivity index (χ4v) is 3.05. The van der Waals surface area contributed by atoms with E-state index in [0.717, 1.165) is 44.4 Å². The van der Waals surface area contributed by atoms with Gasteiger partial charge in [-0.05, 0) is 23.3 Å². The van der Waals surface area contributed by atoms with E-state index in [-0.39, 0.29) is 6.04 Å². The monoisotopic (exact) mass is 330 g/mol. The zero-order valence-electron chi connectivity index (χ0n) is 13.2. The van der Waals surface area contributed by atoms with Gasteiger partial charge in [-0.2, -0.15) is 0 Å². The van der Waals surface area contributed by atoms with Crippen LogP contribution in [0.15, 0.2) is 54.6 Å². The van der Waals surface area contributed by atoms with Gasteiger partial charge in [-0.3, -0.25) is 4.90 Å². The molecule has 3 rings (SSSR count). The molecule has 0 radical (unpaired) electrons. The van der Waals surface area contributed by atoms with Gasteiger partial charge < -0.3 is 10.1 Å². The second kappa shape index (κ2) is 8.46. The standard InChI is InChI=1S/C19H23ClN2O/c20-18-8-6-17(7-9-18)19(16-4-2-1-3-5-16)21-10-11-22-12-14-23-15-13-22/h1-9,19,21H,10-15H2. The van der Waals surface area contributed by atoms with Crippen molar-refractivity contribution in [3.8, 4) is 0 Å². The molecule has 0 amide bonds. The normalized spacial score (nSPS) is 17.1. The lowest BCUT2D eigenvalue weighted by Crippen LogP contribution is -2.41. The van der Waals surface area contributed by atoms with Crippen LogP contribution in [0.5, 0.6) is 0 Å². The first-order valence-electron chi connectivity index (χ1n) is 8.17. The summed E-state index contributed by atoms with van der Waals surface area (Å²) in [5, 5.41) is 4.47. The summed E-state index contributed by atoms with van der Waals surface area (Å²) in [6.07, 6.45) is 0. The summed E-state index contributed by atoms with van der Waals surface area (Å²) in [4.78, 5) is 2.44. The number of morpholine rings is 1. The summed E-state index contributed by atoms with van der Waals surface area (Å²) in [5.41, 5.74) is 2.51. The van der Waals surface area contributed by atoms with Crippen molar-refractivity contribution < 1.29 is 4.74 Å².